The van der Waals surface area contributed by atoms with Crippen molar-refractivity contribution in [2.45, 2.75) is 48.1 Å². The molecule has 1 unspecified atom stereocenters. The summed E-state index contributed by atoms with van der Waals surface area (Å²) in [7, 11) is 0. The van der Waals surface area contributed by atoms with E-state index in [0.717, 1.165) is 36.4 Å². The molecule has 1 nitrogen and oxygen atoms in total. The molecule has 2 aromatic rings. The molecule has 0 aliphatic rings. The molecule has 0 aliphatic carbocycles. The molecule has 2 rings (SSSR count). The van der Waals surface area contributed by atoms with Crippen molar-refractivity contribution in [2.75, 3.05) is 0 Å². The number of halogens is 13. The Labute approximate surface area is 188 Å². The molecule has 0 fully saturated rings. The summed E-state index contributed by atoms with van der Waals surface area (Å²) in [5, 5.41) is 0. The fourth-order valence-electron chi connectivity index (χ4n) is 3.04. The van der Waals surface area contributed by atoms with Gasteiger partial charge in [-0.3, -0.25) is 4.79 Å². The molecular formula is C21H13F13O. The highest BCUT2D eigenvalue weighted by Gasteiger charge is 2.90. The molecule has 0 aliphatic heterocycles. The summed E-state index contributed by atoms with van der Waals surface area (Å²) in [4.78, 5) is 12.7. The van der Waals surface area contributed by atoms with Crippen molar-refractivity contribution in [3.8, 4) is 0 Å². The van der Waals surface area contributed by atoms with Crippen LogP contribution in [-0.4, -0.2) is 41.6 Å². The van der Waals surface area contributed by atoms with Crippen molar-refractivity contribution in [1.29, 1.82) is 0 Å². The number of benzene rings is 2. The predicted octanol–water partition coefficient (Wildman–Crippen LogP) is 7.78. The Hall–Kier alpha value is -2.80. The molecule has 2 aromatic carbocycles. The van der Waals surface area contributed by atoms with Gasteiger partial charge in [0.2, 0.25) is 0 Å². The van der Waals surface area contributed by atoms with E-state index in [1.165, 1.54) is 24.3 Å². The number of Topliss-reactive ketones (excluding diaryl/α,β-unsaturated/α-hetero) is 1. The maximum atomic E-state index is 14.5. The maximum absolute atomic E-state index is 14.5. The van der Waals surface area contributed by atoms with Crippen molar-refractivity contribution >= 4 is 5.78 Å². The minimum absolute atomic E-state index is 0.388. The lowest BCUT2D eigenvalue weighted by Gasteiger charge is -2.40. The highest BCUT2D eigenvalue weighted by molar-refractivity contribution is 6.01. The van der Waals surface area contributed by atoms with Gasteiger partial charge in [-0.15, -0.1) is 0 Å². The van der Waals surface area contributed by atoms with Crippen LogP contribution in [0.1, 0.15) is 28.3 Å². The Bertz CT molecular complexity index is 1010. The minimum atomic E-state index is -7.99. The van der Waals surface area contributed by atoms with Gasteiger partial charge < -0.3 is 0 Å². The van der Waals surface area contributed by atoms with Crippen LogP contribution in [0.5, 0.6) is 0 Å². The van der Waals surface area contributed by atoms with Gasteiger partial charge in [-0.2, -0.15) is 57.1 Å². The van der Waals surface area contributed by atoms with Gasteiger partial charge in [0.15, 0.2) is 5.78 Å². The SMILES string of the molecule is O=C(c1ccccc1)C(CC(F)(F)C(F)(F)C(F)(F)C(F)(F)C(F)(F)C(F)(F)F)c1ccccc1. The van der Waals surface area contributed by atoms with Gasteiger partial charge in [0, 0.05) is 12.0 Å². The third kappa shape index (κ3) is 4.70. The van der Waals surface area contributed by atoms with Crippen LogP contribution in [0.3, 0.4) is 0 Å². The zero-order chi connectivity index (χ0) is 27.1. The molecule has 0 spiro atoms. The number of carbonyl (C=O) groups excluding carboxylic acids is 1. The Morgan fingerprint density at radius 2 is 0.971 bits per heavy atom. The molecule has 0 N–H and O–H groups in total. The van der Waals surface area contributed by atoms with Crippen molar-refractivity contribution in [1.82, 2.24) is 0 Å². The Morgan fingerprint density at radius 1 is 0.571 bits per heavy atom. The van der Waals surface area contributed by atoms with Gasteiger partial charge in [0.05, 0.1) is 5.92 Å². The second-order valence-electron chi connectivity index (χ2n) is 7.40. The van der Waals surface area contributed by atoms with E-state index in [9.17, 15) is 61.9 Å². The first-order valence-corrected chi connectivity index (χ1v) is 9.32. The number of alkyl halides is 13. The molecule has 194 valence electrons. The van der Waals surface area contributed by atoms with Gasteiger partial charge in [0.25, 0.3) is 0 Å². The smallest absolute Gasteiger partial charge is 0.293 e. The summed E-state index contributed by atoms with van der Waals surface area (Å²) >= 11 is 0. The fraction of sp³-hybridized carbons (Fsp3) is 0.381. The second-order valence-corrected chi connectivity index (χ2v) is 7.40. The van der Waals surface area contributed by atoms with Crippen molar-refractivity contribution < 1.29 is 61.9 Å². The highest BCUT2D eigenvalue weighted by atomic mass is 19.4. The molecule has 0 saturated carbocycles. The standard InChI is InChI=1S/C21H13F13O/c22-16(23,17(24,25)18(26,27)19(28,29)20(30,31)21(32,33)34)11-14(12-7-3-1-4-8-12)15(35)13-9-5-2-6-10-13/h1-10,14H,11H2. The molecule has 0 saturated heterocycles. The molecule has 1 atom stereocenters. The molecule has 0 bridgehead atoms. The van der Waals surface area contributed by atoms with Crippen LogP contribution in [0.15, 0.2) is 60.7 Å². The van der Waals surface area contributed by atoms with Crippen molar-refractivity contribution in [2.24, 2.45) is 0 Å². The second kappa shape index (κ2) is 9.01. The quantitative estimate of drug-likeness (QED) is 0.240. The molecular weight excluding hydrogens is 515 g/mol. The fourth-order valence-corrected chi connectivity index (χ4v) is 3.04. The third-order valence-electron chi connectivity index (χ3n) is 5.04. The Balaban J connectivity index is 2.57. The van der Waals surface area contributed by atoms with E-state index in [-0.39, 0.29) is 5.56 Å². The molecule has 35 heavy (non-hydrogen) atoms. The van der Waals surface area contributed by atoms with Crippen molar-refractivity contribution in [3.63, 3.8) is 0 Å². The molecule has 14 heteroatoms. The first-order chi connectivity index (χ1) is 15.7. The average molecular weight is 528 g/mol. The maximum Gasteiger partial charge on any atom is 0.460 e. The molecule has 0 radical (unpaired) electrons. The van der Waals surface area contributed by atoms with Crippen molar-refractivity contribution in [3.05, 3.63) is 71.8 Å². The Morgan fingerprint density at radius 3 is 1.40 bits per heavy atom. The van der Waals surface area contributed by atoms with E-state index in [0.29, 0.717) is 0 Å². The van der Waals surface area contributed by atoms with Crippen LogP contribution >= 0.6 is 0 Å². The third-order valence-corrected chi connectivity index (χ3v) is 5.04. The van der Waals surface area contributed by atoms with Crippen LogP contribution in [0.25, 0.3) is 0 Å². The summed E-state index contributed by atoms with van der Waals surface area (Å²) in [6.45, 7) is 0. The Kier molecular flexibility index (Phi) is 7.32. The zero-order valence-corrected chi connectivity index (χ0v) is 16.9. The topological polar surface area (TPSA) is 17.1 Å². The number of carbonyl (C=O) groups is 1. The summed E-state index contributed by atoms with van der Waals surface area (Å²) < 4.78 is 175. The molecule has 0 aromatic heterocycles. The summed E-state index contributed by atoms with van der Waals surface area (Å²) in [6, 6.07) is 11.3. The van der Waals surface area contributed by atoms with Gasteiger partial charge >= 0.3 is 35.8 Å². The first kappa shape index (κ1) is 28.4. The zero-order valence-electron chi connectivity index (χ0n) is 16.9. The van der Waals surface area contributed by atoms with Gasteiger partial charge in [0.1, 0.15) is 0 Å². The van der Waals surface area contributed by atoms with Gasteiger partial charge in [-0.25, -0.2) is 0 Å². The van der Waals surface area contributed by atoms with Crippen LogP contribution in [-0.2, 0) is 0 Å². The van der Waals surface area contributed by atoms with E-state index in [2.05, 4.69) is 0 Å². The average Bonchev–Trinajstić information content (AvgIpc) is 2.77. The van der Waals surface area contributed by atoms with Crippen LogP contribution in [0, 0.1) is 0 Å². The van der Waals surface area contributed by atoms with E-state index in [4.69, 9.17) is 0 Å². The summed E-state index contributed by atoms with van der Waals surface area (Å²) in [6.07, 6.45) is -10.1. The van der Waals surface area contributed by atoms with E-state index in [1.54, 1.807) is 0 Å². The lowest BCUT2D eigenvalue weighted by Crippen LogP contribution is -2.70. The largest absolute Gasteiger partial charge is 0.460 e. The number of hydrogen-bond acceptors (Lipinski definition) is 1. The first-order valence-electron chi connectivity index (χ1n) is 9.32. The lowest BCUT2D eigenvalue weighted by molar-refractivity contribution is -0.440. The molecule has 0 amide bonds. The van der Waals surface area contributed by atoms with Crippen LogP contribution in [0.2, 0.25) is 0 Å². The van der Waals surface area contributed by atoms with E-state index in [1.807, 2.05) is 0 Å². The van der Waals surface area contributed by atoms with Crippen LogP contribution in [0.4, 0.5) is 57.1 Å². The van der Waals surface area contributed by atoms with E-state index >= 15 is 0 Å². The van der Waals surface area contributed by atoms with Gasteiger partial charge in [-0.05, 0) is 5.56 Å². The normalized spacial score (nSPS) is 15.1. The monoisotopic (exact) mass is 528 g/mol. The van der Waals surface area contributed by atoms with Crippen LogP contribution < -0.4 is 0 Å². The highest BCUT2D eigenvalue weighted by Crippen LogP contribution is 2.61. The summed E-state index contributed by atoms with van der Waals surface area (Å²) in [5.41, 5.74) is -0.853. The number of ketones is 1. The minimum Gasteiger partial charge on any atom is -0.293 e. The lowest BCUT2D eigenvalue weighted by atomic mass is 9.82. The molecule has 0 heterocycles. The summed E-state index contributed by atoms with van der Waals surface area (Å²) in [5.74, 6) is -41.3. The van der Waals surface area contributed by atoms with Gasteiger partial charge in [-0.1, -0.05) is 60.7 Å². The predicted molar refractivity (Wildman–Crippen MR) is 95.4 cm³/mol. The van der Waals surface area contributed by atoms with E-state index < -0.39 is 59.5 Å². The number of rotatable bonds is 9. The number of hydrogen-bond donors (Lipinski definition) is 0.